The van der Waals surface area contributed by atoms with Gasteiger partial charge < -0.3 is 26.4 Å². The number of aromatic hydroxyl groups is 1. The first kappa shape index (κ1) is 24.9. The van der Waals surface area contributed by atoms with Crippen LogP contribution >= 0.6 is 11.6 Å². The van der Waals surface area contributed by atoms with Gasteiger partial charge in [-0.15, -0.1) is 4.91 Å². The predicted octanol–water partition coefficient (Wildman–Crippen LogP) is 3.96. The Kier molecular flexibility index (Phi) is 8.20. The highest BCUT2D eigenvalue weighted by Crippen LogP contribution is 2.41. The van der Waals surface area contributed by atoms with E-state index in [2.05, 4.69) is 26.9 Å². The number of phenols is 1. The lowest BCUT2D eigenvalue weighted by molar-refractivity contribution is 0.479. The quantitative estimate of drug-likeness (QED) is 0.263. The van der Waals surface area contributed by atoms with Crippen molar-refractivity contribution in [1.82, 2.24) is 10.6 Å². The van der Waals surface area contributed by atoms with Crippen LogP contribution in [0.25, 0.3) is 22.3 Å². The molecule has 0 radical (unpaired) electrons. The fourth-order valence-corrected chi connectivity index (χ4v) is 4.70. The lowest BCUT2D eigenvalue weighted by Crippen LogP contribution is -2.44. The van der Waals surface area contributed by atoms with Crippen molar-refractivity contribution in [3.05, 3.63) is 70.1 Å². The van der Waals surface area contributed by atoms with E-state index in [-0.39, 0.29) is 5.75 Å². The number of nitrogens with two attached hydrogens (primary N) is 1. The van der Waals surface area contributed by atoms with Gasteiger partial charge in [-0.2, -0.15) is 0 Å². The molecule has 1 heterocycles. The zero-order valence-electron chi connectivity index (χ0n) is 19.8. The van der Waals surface area contributed by atoms with Crippen LogP contribution in [0, 0.1) is 4.91 Å². The average molecular weight is 495 g/mol. The number of halogens is 1. The maximum atomic E-state index is 11.3. The zero-order valence-corrected chi connectivity index (χ0v) is 20.6. The highest BCUT2D eigenvalue weighted by Gasteiger charge is 2.18. The van der Waals surface area contributed by atoms with Crippen LogP contribution in [0.15, 0.2) is 59.9 Å². The molecule has 0 aliphatic carbocycles. The molecule has 1 saturated heterocycles. The molecule has 1 aliphatic heterocycles. The minimum Gasteiger partial charge on any atom is -0.507 e. The molecule has 0 atom stereocenters. The third-order valence-electron chi connectivity index (χ3n) is 6.32. The summed E-state index contributed by atoms with van der Waals surface area (Å²) in [5.41, 5.74) is 11.8. The summed E-state index contributed by atoms with van der Waals surface area (Å²) >= 11 is 6.52. The molecule has 0 unspecified atom stereocenters. The number of para-hydroxylation sites is 1. The van der Waals surface area contributed by atoms with Crippen molar-refractivity contribution in [2.45, 2.75) is 6.54 Å². The van der Waals surface area contributed by atoms with Gasteiger partial charge in [-0.05, 0) is 41.9 Å². The average Bonchev–Trinajstić information content (AvgIpc) is 2.90. The first-order valence-electron chi connectivity index (χ1n) is 11.7. The Morgan fingerprint density at radius 2 is 1.80 bits per heavy atom. The molecule has 0 saturated carbocycles. The fourth-order valence-electron chi connectivity index (χ4n) is 4.42. The molecule has 0 spiro atoms. The molecule has 3 aromatic carbocycles. The van der Waals surface area contributed by atoms with E-state index in [1.807, 2.05) is 36.4 Å². The molecule has 1 fully saturated rings. The van der Waals surface area contributed by atoms with Gasteiger partial charge in [0, 0.05) is 56.1 Å². The Morgan fingerprint density at radius 1 is 1.11 bits per heavy atom. The molecule has 0 aromatic heterocycles. The summed E-state index contributed by atoms with van der Waals surface area (Å²) in [6.45, 7) is 5.12. The largest absolute Gasteiger partial charge is 0.507 e. The molecule has 9 heteroatoms. The number of nitrogens with zero attached hydrogens (tertiary/aromatic N) is 3. The molecule has 5 N–H and O–H groups in total. The van der Waals surface area contributed by atoms with Crippen molar-refractivity contribution < 1.29 is 5.11 Å². The molecule has 4 rings (SSSR count). The number of likely N-dealkylation sites (N-methyl/N-ethyl adjacent to an activating group) is 1. The second-order valence-electron chi connectivity index (χ2n) is 8.46. The topological polar surface area (TPSA) is 106 Å². The van der Waals surface area contributed by atoms with E-state index in [0.717, 1.165) is 54.1 Å². The van der Waals surface area contributed by atoms with Crippen molar-refractivity contribution in [3.8, 4) is 28.0 Å². The highest BCUT2D eigenvalue weighted by molar-refractivity contribution is 6.33. The Balaban J connectivity index is 1.69. The minimum atomic E-state index is 0.170. The first-order chi connectivity index (χ1) is 17.1. The number of phenolic OH excluding ortho intramolecular Hbond substituents is 1. The maximum Gasteiger partial charge on any atom is 0.131 e. The third-order valence-corrected chi connectivity index (χ3v) is 6.62. The molecular weight excluding hydrogens is 464 g/mol. The number of hydrogen-bond acceptors (Lipinski definition) is 7. The number of anilines is 2. The minimum absolute atomic E-state index is 0.170. The number of benzene rings is 3. The molecule has 0 bridgehead atoms. The smallest absolute Gasteiger partial charge is 0.131 e. The maximum absolute atomic E-state index is 11.3. The van der Waals surface area contributed by atoms with Crippen LogP contribution in [0.1, 0.15) is 5.56 Å². The van der Waals surface area contributed by atoms with Gasteiger partial charge in [0.1, 0.15) is 5.75 Å². The van der Waals surface area contributed by atoms with Crippen molar-refractivity contribution in [3.63, 3.8) is 0 Å². The van der Waals surface area contributed by atoms with Gasteiger partial charge in [0.25, 0.3) is 0 Å². The van der Waals surface area contributed by atoms with E-state index < -0.39 is 0 Å². The summed E-state index contributed by atoms with van der Waals surface area (Å²) < 4.78 is 0. The van der Waals surface area contributed by atoms with E-state index >= 15 is 0 Å². The molecule has 184 valence electrons. The van der Waals surface area contributed by atoms with Crippen LogP contribution in [-0.4, -0.2) is 51.4 Å². The van der Waals surface area contributed by atoms with Crippen LogP contribution in [0.5, 0.6) is 5.75 Å². The molecule has 35 heavy (non-hydrogen) atoms. The number of piperazine rings is 1. The summed E-state index contributed by atoms with van der Waals surface area (Å²) in [4.78, 5) is 13.6. The van der Waals surface area contributed by atoms with Crippen molar-refractivity contribution >= 4 is 23.0 Å². The lowest BCUT2D eigenvalue weighted by Gasteiger charge is -2.31. The first-order valence-corrected chi connectivity index (χ1v) is 12.1. The number of hydrogen-bond donors (Lipinski definition) is 4. The van der Waals surface area contributed by atoms with Gasteiger partial charge >= 0.3 is 0 Å². The predicted molar refractivity (Wildman–Crippen MR) is 144 cm³/mol. The lowest BCUT2D eigenvalue weighted by atomic mass is 9.95. The Hall–Kier alpha value is -3.17. The molecule has 3 aromatic rings. The second kappa shape index (κ2) is 11.5. The van der Waals surface area contributed by atoms with Crippen LogP contribution in [0.4, 0.5) is 11.4 Å². The number of rotatable bonds is 9. The SMILES string of the molecule is CNCCN(N=O)c1ccc(-c2cccc(-c3ccc(CN)c(N4CCNCC4)c3)c2O)cc1Cl. The van der Waals surface area contributed by atoms with Crippen LogP contribution in [0.3, 0.4) is 0 Å². The molecular formula is C26H31ClN6O2. The fraction of sp³-hybridized carbons (Fsp3) is 0.308. The number of nitroso groups, excluding NO2 is 1. The Bertz CT molecular complexity index is 1180. The highest BCUT2D eigenvalue weighted by atomic mass is 35.5. The molecule has 8 nitrogen and oxygen atoms in total. The summed E-state index contributed by atoms with van der Waals surface area (Å²) in [5.74, 6) is 0.170. The summed E-state index contributed by atoms with van der Waals surface area (Å²) in [5, 5.41) is 22.4. The van der Waals surface area contributed by atoms with Gasteiger partial charge in [0.05, 0.1) is 22.5 Å². The number of nitrogens with one attached hydrogen (secondary N) is 2. The Morgan fingerprint density at radius 3 is 2.43 bits per heavy atom. The third kappa shape index (κ3) is 5.41. The van der Waals surface area contributed by atoms with Gasteiger partial charge in [0.15, 0.2) is 0 Å². The van der Waals surface area contributed by atoms with E-state index in [1.165, 1.54) is 5.01 Å². The van der Waals surface area contributed by atoms with Crippen molar-refractivity contribution in [2.24, 2.45) is 11.0 Å². The van der Waals surface area contributed by atoms with E-state index in [0.29, 0.717) is 35.9 Å². The van der Waals surface area contributed by atoms with E-state index in [1.54, 1.807) is 19.2 Å². The zero-order chi connectivity index (χ0) is 24.8. The second-order valence-corrected chi connectivity index (χ2v) is 8.87. The van der Waals surface area contributed by atoms with Crippen LogP contribution < -0.4 is 26.3 Å². The monoisotopic (exact) mass is 494 g/mol. The van der Waals surface area contributed by atoms with Crippen molar-refractivity contribution in [2.75, 3.05) is 56.2 Å². The van der Waals surface area contributed by atoms with Gasteiger partial charge in [-0.25, -0.2) is 5.01 Å². The summed E-state index contributed by atoms with van der Waals surface area (Å²) in [6, 6.07) is 17.2. The van der Waals surface area contributed by atoms with Gasteiger partial charge in [0.2, 0.25) is 0 Å². The Labute approximate surface area is 210 Å². The van der Waals surface area contributed by atoms with Crippen LogP contribution in [-0.2, 0) is 6.54 Å². The normalized spacial score (nSPS) is 13.6. The van der Waals surface area contributed by atoms with Gasteiger partial charge in [-0.3, -0.25) is 0 Å². The molecule has 0 amide bonds. The standard InChI is InChI=1S/C26H31ClN6O2/c1-29-9-14-33(31-35)24-8-7-18(15-23(24)27)21-3-2-4-22(26(21)34)19-5-6-20(17-28)25(16-19)32-12-10-30-11-13-32/h2-8,15-16,29-30,34H,9-14,17,28H2,1H3. The van der Waals surface area contributed by atoms with E-state index in [9.17, 15) is 10.0 Å². The van der Waals surface area contributed by atoms with E-state index in [4.69, 9.17) is 17.3 Å². The van der Waals surface area contributed by atoms with Crippen molar-refractivity contribution in [1.29, 1.82) is 0 Å². The van der Waals surface area contributed by atoms with Gasteiger partial charge in [-0.1, -0.05) is 48.0 Å². The summed E-state index contributed by atoms with van der Waals surface area (Å²) in [6.07, 6.45) is 0. The summed E-state index contributed by atoms with van der Waals surface area (Å²) in [7, 11) is 1.81. The molecule has 1 aliphatic rings. The van der Waals surface area contributed by atoms with Crippen LogP contribution in [0.2, 0.25) is 5.02 Å².